The molecule has 2 unspecified atom stereocenters. The highest BCUT2D eigenvalue weighted by Gasteiger charge is 2.46. The maximum atomic E-state index is 10.5. The smallest absolute Gasteiger partial charge is 0.303 e. The van der Waals surface area contributed by atoms with Crippen molar-refractivity contribution in [1.82, 2.24) is 0 Å². The summed E-state index contributed by atoms with van der Waals surface area (Å²) in [6.45, 7) is 2.14. The van der Waals surface area contributed by atoms with Crippen molar-refractivity contribution >= 4 is 5.97 Å². The first-order valence-corrected chi connectivity index (χ1v) is 9.63. The zero-order valence-corrected chi connectivity index (χ0v) is 15.1. The average molecular weight is 352 g/mol. The van der Waals surface area contributed by atoms with Gasteiger partial charge in [-0.15, -0.1) is 0 Å². The van der Waals surface area contributed by atoms with Gasteiger partial charge in [-0.1, -0.05) is 38.3 Å². The molecule has 0 spiro atoms. The summed E-state index contributed by atoms with van der Waals surface area (Å²) in [7, 11) is 0. The Balaban J connectivity index is 1.83. The van der Waals surface area contributed by atoms with E-state index in [9.17, 15) is 15.0 Å². The summed E-state index contributed by atoms with van der Waals surface area (Å²) in [6.07, 6.45) is 12.0. The molecule has 1 aliphatic carbocycles. The standard InChI is InChI=1S/C20H32O5/c1-2-3-4-7-14(21)10-11-16-17-12-15(8-5-6-9-20(23)24)25-19(17)13-18(16)22/h8,10-11,14,16-19,21-22H,2-7,9,12-13H2,1H3,(H,23,24)/b11-10+,15-8-/t14?,16-,17?,18+,19-/m1/s1. The molecule has 1 saturated heterocycles. The Kier molecular flexibility index (Phi) is 7.97. The van der Waals surface area contributed by atoms with E-state index in [-0.39, 0.29) is 24.4 Å². The van der Waals surface area contributed by atoms with Crippen LogP contribution >= 0.6 is 0 Å². The van der Waals surface area contributed by atoms with Crippen LogP contribution in [0.25, 0.3) is 0 Å². The summed E-state index contributed by atoms with van der Waals surface area (Å²) in [5, 5.41) is 29.0. The molecule has 1 aliphatic heterocycles. The van der Waals surface area contributed by atoms with Crippen LogP contribution in [-0.2, 0) is 9.53 Å². The minimum atomic E-state index is -0.770. The van der Waals surface area contributed by atoms with Gasteiger partial charge in [0.2, 0.25) is 0 Å². The highest BCUT2D eigenvalue weighted by Crippen LogP contribution is 2.45. The van der Waals surface area contributed by atoms with Gasteiger partial charge in [-0.05, 0) is 25.3 Å². The molecule has 1 saturated carbocycles. The van der Waals surface area contributed by atoms with E-state index in [0.717, 1.165) is 37.9 Å². The number of aliphatic carboxylic acids is 1. The molecule has 1 heterocycles. The minimum absolute atomic E-state index is 0.0238. The number of carboxylic acids is 1. The fourth-order valence-corrected chi connectivity index (χ4v) is 3.86. The van der Waals surface area contributed by atoms with E-state index in [1.54, 1.807) is 0 Å². The number of fused-ring (bicyclic) bond motifs is 1. The van der Waals surface area contributed by atoms with Crippen molar-refractivity contribution in [3.05, 3.63) is 24.0 Å². The molecule has 0 aromatic carbocycles. The van der Waals surface area contributed by atoms with Crippen LogP contribution in [0.5, 0.6) is 0 Å². The molecule has 142 valence electrons. The molecule has 2 aliphatic rings. The average Bonchev–Trinajstić information content (AvgIpc) is 3.06. The summed E-state index contributed by atoms with van der Waals surface area (Å²) in [5.74, 6) is 0.429. The van der Waals surface area contributed by atoms with Gasteiger partial charge in [-0.25, -0.2) is 0 Å². The number of aliphatic hydroxyl groups is 2. The van der Waals surface area contributed by atoms with E-state index >= 15 is 0 Å². The third-order valence-electron chi connectivity index (χ3n) is 5.26. The predicted molar refractivity (Wildman–Crippen MR) is 96.0 cm³/mol. The van der Waals surface area contributed by atoms with Crippen LogP contribution in [0.4, 0.5) is 0 Å². The molecule has 0 bridgehead atoms. The Morgan fingerprint density at radius 2 is 2.16 bits per heavy atom. The van der Waals surface area contributed by atoms with Gasteiger partial charge in [-0.3, -0.25) is 4.79 Å². The Morgan fingerprint density at radius 3 is 2.88 bits per heavy atom. The van der Waals surface area contributed by atoms with Gasteiger partial charge in [0.15, 0.2) is 0 Å². The Bertz CT molecular complexity index is 484. The quantitative estimate of drug-likeness (QED) is 0.414. The van der Waals surface area contributed by atoms with Gasteiger partial charge in [0.25, 0.3) is 0 Å². The van der Waals surface area contributed by atoms with Crippen LogP contribution in [-0.4, -0.2) is 39.6 Å². The van der Waals surface area contributed by atoms with E-state index in [1.807, 2.05) is 18.2 Å². The van der Waals surface area contributed by atoms with Gasteiger partial charge in [-0.2, -0.15) is 0 Å². The zero-order valence-electron chi connectivity index (χ0n) is 15.1. The molecule has 0 aromatic rings. The maximum Gasteiger partial charge on any atom is 0.303 e. The molecule has 5 heteroatoms. The topological polar surface area (TPSA) is 87.0 Å². The van der Waals surface area contributed by atoms with Crippen molar-refractivity contribution in [1.29, 1.82) is 0 Å². The summed E-state index contributed by atoms with van der Waals surface area (Å²) >= 11 is 0. The molecule has 2 fully saturated rings. The molecule has 3 N–H and O–H groups in total. The lowest BCUT2D eigenvalue weighted by atomic mass is 9.90. The van der Waals surface area contributed by atoms with Gasteiger partial charge >= 0.3 is 5.97 Å². The van der Waals surface area contributed by atoms with Gasteiger partial charge in [0.05, 0.1) is 18.0 Å². The van der Waals surface area contributed by atoms with Crippen molar-refractivity contribution in [2.45, 2.75) is 83.0 Å². The number of aliphatic hydroxyl groups excluding tert-OH is 2. The molecule has 0 radical (unpaired) electrons. The largest absolute Gasteiger partial charge is 0.495 e. The van der Waals surface area contributed by atoms with Crippen molar-refractivity contribution in [3.63, 3.8) is 0 Å². The fraction of sp³-hybridized carbons (Fsp3) is 0.750. The lowest BCUT2D eigenvalue weighted by Crippen LogP contribution is -2.18. The number of rotatable bonds is 10. The normalized spacial score (nSPS) is 31.4. The molecular formula is C20H32O5. The maximum absolute atomic E-state index is 10.5. The molecule has 0 aromatic heterocycles. The van der Waals surface area contributed by atoms with E-state index in [4.69, 9.17) is 9.84 Å². The SMILES string of the molecule is CCCCCC(O)/C=C/[C@@H]1C2C/C(=C/CCCC(=O)O)O[C@@H]2C[C@@H]1O. The number of carbonyl (C=O) groups is 1. The second-order valence-electron chi connectivity index (χ2n) is 7.31. The lowest BCUT2D eigenvalue weighted by Gasteiger charge is -2.16. The lowest BCUT2D eigenvalue weighted by molar-refractivity contribution is -0.137. The van der Waals surface area contributed by atoms with E-state index in [1.165, 1.54) is 0 Å². The number of carboxylic acid groups (broad SMARTS) is 1. The molecule has 0 amide bonds. The van der Waals surface area contributed by atoms with Gasteiger partial charge in [0, 0.05) is 31.1 Å². The first-order chi connectivity index (χ1) is 12.0. The summed E-state index contributed by atoms with van der Waals surface area (Å²) in [5.41, 5.74) is 0. The first kappa shape index (κ1) is 20.0. The zero-order chi connectivity index (χ0) is 18.2. The van der Waals surface area contributed by atoms with Crippen LogP contribution in [0.2, 0.25) is 0 Å². The fourth-order valence-electron chi connectivity index (χ4n) is 3.86. The van der Waals surface area contributed by atoms with Gasteiger partial charge < -0.3 is 20.1 Å². The van der Waals surface area contributed by atoms with E-state index in [2.05, 4.69) is 6.92 Å². The van der Waals surface area contributed by atoms with Crippen LogP contribution < -0.4 is 0 Å². The molecule has 5 nitrogen and oxygen atoms in total. The Labute approximate surface area is 150 Å². The van der Waals surface area contributed by atoms with E-state index < -0.39 is 18.2 Å². The monoisotopic (exact) mass is 352 g/mol. The van der Waals surface area contributed by atoms with Crippen molar-refractivity contribution in [2.24, 2.45) is 11.8 Å². The van der Waals surface area contributed by atoms with E-state index in [0.29, 0.717) is 19.3 Å². The second-order valence-corrected chi connectivity index (χ2v) is 7.31. The molecule has 5 atom stereocenters. The molecule has 25 heavy (non-hydrogen) atoms. The summed E-state index contributed by atoms with van der Waals surface area (Å²) < 4.78 is 5.94. The van der Waals surface area contributed by atoms with Crippen LogP contribution in [0.15, 0.2) is 24.0 Å². The first-order valence-electron chi connectivity index (χ1n) is 9.63. The highest BCUT2D eigenvalue weighted by atomic mass is 16.5. The van der Waals surface area contributed by atoms with Crippen molar-refractivity contribution in [3.8, 4) is 0 Å². The number of hydrogen-bond donors (Lipinski definition) is 3. The number of allylic oxidation sites excluding steroid dienone is 2. The predicted octanol–water partition coefficient (Wildman–Crippen LogP) is 3.41. The van der Waals surface area contributed by atoms with Gasteiger partial charge in [0.1, 0.15) is 6.10 Å². The summed E-state index contributed by atoms with van der Waals surface area (Å²) in [6, 6.07) is 0. The third-order valence-corrected chi connectivity index (χ3v) is 5.26. The number of ether oxygens (including phenoxy) is 1. The Morgan fingerprint density at radius 1 is 1.36 bits per heavy atom. The van der Waals surface area contributed by atoms with Crippen molar-refractivity contribution in [2.75, 3.05) is 0 Å². The van der Waals surface area contributed by atoms with Crippen molar-refractivity contribution < 1.29 is 24.9 Å². The van der Waals surface area contributed by atoms with Crippen LogP contribution in [0, 0.1) is 11.8 Å². The second kappa shape index (κ2) is 9.97. The minimum Gasteiger partial charge on any atom is -0.495 e. The number of hydrogen-bond acceptors (Lipinski definition) is 4. The Hall–Kier alpha value is -1.33. The highest BCUT2D eigenvalue weighted by molar-refractivity contribution is 5.66. The third kappa shape index (κ3) is 6.15. The number of unbranched alkanes of at least 4 members (excludes halogenated alkanes) is 3. The summed E-state index contributed by atoms with van der Waals surface area (Å²) in [4.78, 5) is 10.5. The van der Waals surface area contributed by atoms with Crippen LogP contribution in [0.3, 0.4) is 0 Å². The van der Waals surface area contributed by atoms with Crippen LogP contribution in [0.1, 0.15) is 64.7 Å². The molecule has 2 rings (SSSR count). The molecular weight excluding hydrogens is 320 g/mol.